The Morgan fingerprint density at radius 1 is 1.03 bits per heavy atom. The first kappa shape index (κ1) is 21.6. The second-order valence-corrected chi connectivity index (χ2v) is 9.27. The minimum absolute atomic E-state index is 0.0755. The Kier molecular flexibility index (Phi) is 6.32. The third kappa shape index (κ3) is 4.74. The van der Waals surface area contributed by atoms with Gasteiger partial charge in [-0.05, 0) is 80.2 Å². The van der Waals surface area contributed by atoms with Gasteiger partial charge >= 0.3 is 0 Å². The summed E-state index contributed by atoms with van der Waals surface area (Å²) in [5, 5.41) is 13.6. The molecule has 1 saturated heterocycles. The summed E-state index contributed by atoms with van der Waals surface area (Å²) in [6.07, 6.45) is 2.44. The Morgan fingerprint density at radius 3 is 2.52 bits per heavy atom. The van der Waals surface area contributed by atoms with Crippen LogP contribution in [-0.4, -0.2) is 40.6 Å². The van der Waals surface area contributed by atoms with Crippen molar-refractivity contribution < 1.29 is 9.21 Å². The summed E-state index contributed by atoms with van der Waals surface area (Å²) in [4.78, 5) is 16.6. The molecular formula is C26H26N4O2S. The van der Waals surface area contributed by atoms with E-state index in [4.69, 9.17) is 4.42 Å². The van der Waals surface area contributed by atoms with E-state index < -0.39 is 0 Å². The van der Waals surface area contributed by atoms with Crippen LogP contribution in [0.5, 0.6) is 0 Å². The van der Waals surface area contributed by atoms with E-state index in [9.17, 15) is 4.79 Å². The van der Waals surface area contributed by atoms with Crippen LogP contribution in [0.4, 0.5) is 0 Å². The molecule has 1 atom stereocenters. The number of benzene rings is 2. The molecule has 168 valence electrons. The quantitative estimate of drug-likeness (QED) is 0.405. The molecule has 0 aliphatic carbocycles. The van der Waals surface area contributed by atoms with E-state index in [1.165, 1.54) is 17.7 Å². The second kappa shape index (κ2) is 9.68. The van der Waals surface area contributed by atoms with E-state index in [0.717, 1.165) is 29.8 Å². The van der Waals surface area contributed by atoms with Gasteiger partial charge in [-0.15, -0.1) is 21.5 Å². The third-order valence-corrected chi connectivity index (χ3v) is 7.08. The van der Waals surface area contributed by atoms with Gasteiger partial charge in [-0.25, -0.2) is 0 Å². The maximum atomic E-state index is 12.8. The summed E-state index contributed by atoms with van der Waals surface area (Å²) in [7, 11) is 0. The predicted molar refractivity (Wildman–Crippen MR) is 130 cm³/mol. The Morgan fingerprint density at radius 2 is 1.79 bits per heavy atom. The molecule has 1 aliphatic rings. The topological polar surface area (TPSA) is 71.3 Å². The van der Waals surface area contributed by atoms with Gasteiger partial charge < -0.3 is 9.73 Å². The fourth-order valence-electron chi connectivity index (χ4n) is 4.26. The number of hydrogen-bond acceptors (Lipinski definition) is 6. The molecule has 2 aromatic carbocycles. The summed E-state index contributed by atoms with van der Waals surface area (Å²) in [6, 6.07) is 19.7. The fraction of sp³-hybridized carbons (Fsp3) is 0.269. The first-order valence-electron chi connectivity index (χ1n) is 11.2. The minimum atomic E-state index is -0.0755. The fourth-order valence-corrected chi connectivity index (χ4v) is 5.12. The number of nitrogens with one attached hydrogen (secondary N) is 1. The predicted octanol–water partition coefficient (Wildman–Crippen LogP) is 5.34. The van der Waals surface area contributed by atoms with Gasteiger partial charge in [0.1, 0.15) is 0 Å². The molecular weight excluding hydrogens is 432 g/mol. The second-order valence-electron chi connectivity index (χ2n) is 8.29. The van der Waals surface area contributed by atoms with Gasteiger partial charge in [0.05, 0.1) is 6.04 Å². The van der Waals surface area contributed by atoms with E-state index in [2.05, 4.69) is 37.9 Å². The van der Waals surface area contributed by atoms with Crippen molar-refractivity contribution >= 4 is 17.2 Å². The molecule has 4 aromatic rings. The number of thiophene rings is 1. The highest BCUT2D eigenvalue weighted by Gasteiger charge is 2.25. The van der Waals surface area contributed by atoms with Gasteiger partial charge in [0.2, 0.25) is 11.8 Å². The maximum absolute atomic E-state index is 12.8. The van der Waals surface area contributed by atoms with Crippen LogP contribution in [0.25, 0.3) is 22.9 Å². The monoisotopic (exact) mass is 458 g/mol. The first-order chi connectivity index (χ1) is 16.2. The molecule has 1 N–H and O–H groups in total. The van der Waals surface area contributed by atoms with E-state index in [0.29, 0.717) is 23.9 Å². The Balaban J connectivity index is 1.26. The number of carbonyl (C=O) groups excluding carboxylic acids is 1. The van der Waals surface area contributed by atoms with Gasteiger partial charge in [0, 0.05) is 28.1 Å². The molecule has 0 spiro atoms. The molecule has 2 aromatic heterocycles. The van der Waals surface area contributed by atoms with Gasteiger partial charge in [-0.1, -0.05) is 24.3 Å². The first-order valence-corrected chi connectivity index (χ1v) is 12.1. The zero-order valence-electron chi connectivity index (χ0n) is 18.5. The van der Waals surface area contributed by atoms with E-state index in [-0.39, 0.29) is 11.9 Å². The van der Waals surface area contributed by atoms with Crippen LogP contribution in [0.3, 0.4) is 0 Å². The van der Waals surface area contributed by atoms with Crippen molar-refractivity contribution in [3.63, 3.8) is 0 Å². The molecule has 6 nitrogen and oxygen atoms in total. The molecule has 1 fully saturated rings. The van der Waals surface area contributed by atoms with Crippen LogP contribution in [0.2, 0.25) is 0 Å². The van der Waals surface area contributed by atoms with Gasteiger partial charge in [-0.2, -0.15) is 0 Å². The molecule has 7 heteroatoms. The number of aromatic nitrogens is 2. The average molecular weight is 459 g/mol. The number of rotatable bonds is 7. The van der Waals surface area contributed by atoms with Crippen molar-refractivity contribution in [2.24, 2.45) is 0 Å². The molecule has 33 heavy (non-hydrogen) atoms. The normalized spacial score (nSPS) is 14.9. The van der Waals surface area contributed by atoms with Crippen LogP contribution in [0.15, 0.2) is 70.5 Å². The average Bonchev–Trinajstić information content (AvgIpc) is 3.63. The molecule has 1 unspecified atom stereocenters. The Hall–Kier alpha value is -3.29. The maximum Gasteiger partial charge on any atom is 0.251 e. The number of likely N-dealkylation sites (tertiary alicyclic amines) is 1. The highest BCUT2D eigenvalue weighted by molar-refractivity contribution is 7.10. The highest BCUT2D eigenvalue weighted by Crippen LogP contribution is 2.28. The lowest BCUT2D eigenvalue weighted by atomic mass is 10.1. The number of carbonyl (C=O) groups is 1. The van der Waals surface area contributed by atoms with Crippen LogP contribution < -0.4 is 5.32 Å². The van der Waals surface area contributed by atoms with Crippen molar-refractivity contribution in [3.8, 4) is 22.9 Å². The van der Waals surface area contributed by atoms with Gasteiger partial charge in [0.25, 0.3) is 5.91 Å². The lowest BCUT2D eigenvalue weighted by Crippen LogP contribution is -2.36. The summed E-state index contributed by atoms with van der Waals surface area (Å²) >= 11 is 1.75. The van der Waals surface area contributed by atoms with Crippen LogP contribution in [0.1, 0.15) is 39.7 Å². The molecule has 1 amide bonds. The van der Waals surface area contributed by atoms with E-state index >= 15 is 0 Å². The van der Waals surface area contributed by atoms with Gasteiger partial charge in [-0.3, -0.25) is 9.69 Å². The smallest absolute Gasteiger partial charge is 0.251 e. The van der Waals surface area contributed by atoms with Crippen molar-refractivity contribution in [3.05, 3.63) is 82.0 Å². The lowest BCUT2D eigenvalue weighted by Gasteiger charge is -2.26. The van der Waals surface area contributed by atoms with Crippen molar-refractivity contribution in [2.75, 3.05) is 19.6 Å². The summed E-state index contributed by atoms with van der Waals surface area (Å²) in [5.74, 6) is 0.854. The number of hydrogen-bond donors (Lipinski definition) is 1. The zero-order chi connectivity index (χ0) is 22.6. The number of amides is 1. The Bertz CT molecular complexity index is 1210. The van der Waals surface area contributed by atoms with Crippen LogP contribution >= 0.6 is 11.3 Å². The minimum Gasteiger partial charge on any atom is -0.416 e. The van der Waals surface area contributed by atoms with Crippen molar-refractivity contribution in [1.82, 2.24) is 20.4 Å². The molecule has 1 aliphatic heterocycles. The summed E-state index contributed by atoms with van der Waals surface area (Å²) in [5.41, 5.74) is 3.40. The lowest BCUT2D eigenvalue weighted by molar-refractivity contribution is 0.0938. The molecule has 0 bridgehead atoms. The largest absolute Gasteiger partial charge is 0.416 e. The number of aryl methyl sites for hydroxylation is 1. The highest BCUT2D eigenvalue weighted by atomic mass is 32.1. The van der Waals surface area contributed by atoms with Gasteiger partial charge in [0.15, 0.2) is 0 Å². The molecule has 0 saturated carbocycles. The standard InChI is InChI=1S/C26H26N4O2S/c1-18-7-2-3-8-21(18)26-29-28-25(32-26)20-12-10-19(11-13-20)24(31)27-17-22(23-9-6-16-33-23)30-14-4-5-15-30/h2-3,6-13,16,22H,4-5,14-15,17H2,1H3,(H,27,31). The van der Waals surface area contributed by atoms with Crippen LogP contribution in [0, 0.1) is 6.92 Å². The summed E-state index contributed by atoms with van der Waals surface area (Å²) < 4.78 is 5.89. The number of nitrogens with zero attached hydrogens (tertiary/aromatic N) is 3. The molecule has 5 rings (SSSR count). The molecule has 0 radical (unpaired) electrons. The SMILES string of the molecule is Cc1ccccc1-c1nnc(-c2ccc(C(=O)NCC(c3cccs3)N3CCCC3)cc2)o1. The molecule has 3 heterocycles. The summed E-state index contributed by atoms with van der Waals surface area (Å²) in [6.45, 7) is 4.79. The van der Waals surface area contributed by atoms with Crippen molar-refractivity contribution in [2.45, 2.75) is 25.8 Å². The van der Waals surface area contributed by atoms with Crippen molar-refractivity contribution in [1.29, 1.82) is 0 Å². The third-order valence-electron chi connectivity index (χ3n) is 6.10. The van der Waals surface area contributed by atoms with E-state index in [1.807, 2.05) is 43.3 Å². The van der Waals surface area contributed by atoms with Crippen LogP contribution in [-0.2, 0) is 0 Å². The Labute approximate surface area is 197 Å². The van der Waals surface area contributed by atoms with E-state index in [1.54, 1.807) is 23.5 Å². The zero-order valence-corrected chi connectivity index (χ0v) is 19.3.